The van der Waals surface area contributed by atoms with Crippen molar-refractivity contribution in [3.05, 3.63) is 29.8 Å². The van der Waals surface area contributed by atoms with Crippen LogP contribution >= 0.6 is 0 Å². The Kier molecular flexibility index (Phi) is 3.37. The molecule has 0 radical (unpaired) electrons. The Bertz CT molecular complexity index is 550. The van der Waals surface area contributed by atoms with Crippen molar-refractivity contribution in [2.75, 3.05) is 0 Å². The van der Waals surface area contributed by atoms with Crippen molar-refractivity contribution in [3.8, 4) is 0 Å². The second kappa shape index (κ2) is 4.89. The van der Waals surface area contributed by atoms with E-state index in [4.69, 9.17) is 5.11 Å². The van der Waals surface area contributed by atoms with Crippen molar-refractivity contribution >= 4 is 10.0 Å². The fourth-order valence-electron chi connectivity index (χ4n) is 2.55. The van der Waals surface area contributed by atoms with Gasteiger partial charge in [-0.25, -0.2) is 13.1 Å². The average molecular weight is 281 g/mol. The van der Waals surface area contributed by atoms with E-state index in [1.807, 2.05) is 0 Å². The maximum Gasteiger partial charge on any atom is 0.240 e. The maximum absolute atomic E-state index is 12.4. The van der Waals surface area contributed by atoms with Crippen LogP contribution in [0, 0.1) is 11.8 Å². The topological polar surface area (TPSA) is 66.4 Å². The van der Waals surface area contributed by atoms with Gasteiger partial charge in [-0.2, -0.15) is 0 Å². The summed E-state index contributed by atoms with van der Waals surface area (Å²) in [4.78, 5) is 0.255. The summed E-state index contributed by atoms with van der Waals surface area (Å²) in [6.07, 6.45) is 4.56. The van der Waals surface area contributed by atoms with Crippen LogP contribution in [-0.4, -0.2) is 19.6 Å². The molecule has 2 N–H and O–H groups in total. The van der Waals surface area contributed by atoms with Crippen LogP contribution in [-0.2, 0) is 16.6 Å². The highest BCUT2D eigenvalue weighted by molar-refractivity contribution is 7.89. The van der Waals surface area contributed by atoms with E-state index in [0.717, 1.165) is 25.7 Å². The normalized spacial score (nSPS) is 19.9. The van der Waals surface area contributed by atoms with Gasteiger partial charge in [0, 0.05) is 6.04 Å². The molecule has 1 aromatic carbocycles. The number of hydrogen-bond acceptors (Lipinski definition) is 3. The van der Waals surface area contributed by atoms with Crippen LogP contribution in [0.25, 0.3) is 0 Å². The highest BCUT2D eigenvalue weighted by Gasteiger charge is 2.43. The van der Waals surface area contributed by atoms with E-state index in [0.29, 0.717) is 17.4 Å². The number of rotatable bonds is 6. The smallest absolute Gasteiger partial charge is 0.240 e. The molecule has 0 aliphatic heterocycles. The highest BCUT2D eigenvalue weighted by Crippen LogP contribution is 2.45. The summed E-state index contributed by atoms with van der Waals surface area (Å²) >= 11 is 0. The largest absolute Gasteiger partial charge is 0.392 e. The molecule has 0 aromatic heterocycles. The second-order valence-electron chi connectivity index (χ2n) is 5.63. The van der Waals surface area contributed by atoms with Crippen molar-refractivity contribution in [1.82, 2.24) is 4.72 Å². The molecule has 1 aromatic rings. The Morgan fingerprint density at radius 2 is 1.84 bits per heavy atom. The third-order valence-corrected chi connectivity index (χ3v) is 5.40. The van der Waals surface area contributed by atoms with Gasteiger partial charge in [0.05, 0.1) is 11.5 Å². The summed E-state index contributed by atoms with van der Waals surface area (Å²) in [6, 6.07) is 6.63. The Morgan fingerprint density at radius 1 is 1.21 bits per heavy atom. The first kappa shape index (κ1) is 13.1. The lowest BCUT2D eigenvalue weighted by atomic mass is 10.1. The van der Waals surface area contributed by atoms with Gasteiger partial charge in [-0.15, -0.1) is 0 Å². The SMILES string of the molecule is O=S(=O)(NC(C1CC1)C1CC1)c1cccc(CO)c1. The average Bonchev–Trinajstić information content (AvgIpc) is 3.29. The number of benzene rings is 1. The molecule has 5 heteroatoms. The first-order valence-electron chi connectivity index (χ1n) is 6.82. The monoisotopic (exact) mass is 281 g/mol. The van der Waals surface area contributed by atoms with Gasteiger partial charge >= 0.3 is 0 Å². The van der Waals surface area contributed by atoms with Gasteiger partial charge in [-0.05, 0) is 55.2 Å². The number of aliphatic hydroxyl groups is 1. The first-order chi connectivity index (χ1) is 9.10. The van der Waals surface area contributed by atoms with E-state index in [9.17, 15) is 8.42 Å². The lowest BCUT2D eigenvalue weighted by Gasteiger charge is -2.18. The first-order valence-corrected chi connectivity index (χ1v) is 8.30. The molecule has 0 bridgehead atoms. The number of sulfonamides is 1. The van der Waals surface area contributed by atoms with Gasteiger partial charge in [-0.1, -0.05) is 12.1 Å². The molecule has 3 rings (SSSR count). The minimum atomic E-state index is -3.46. The zero-order valence-corrected chi connectivity index (χ0v) is 11.6. The van der Waals surface area contributed by atoms with Crippen LogP contribution in [0.1, 0.15) is 31.2 Å². The Labute approximate surface area is 113 Å². The molecule has 19 heavy (non-hydrogen) atoms. The van der Waals surface area contributed by atoms with Gasteiger partial charge in [-0.3, -0.25) is 0 Å². The minimum Gasteiger partial charge on any atom is -0.392 e. The zero-order valence-electron chi connectivity index (χ0n) is 10.7. The third-order valence-electron chi connectivity index (χ3n) is 3.94. The molecule has 0 saturated heterocycles. The molecule has 2 aliphatic carbocycles. The number of nitrogens with one attached hydrogen (secondary N) is 1. The quantitative estimate of drug-likeness (QED) is 0.833. The molecule has 0 amide bonds. The molecule has 2 saturated carbocycles. The molecule has 2 fully saturated rings. The molecule has 0 unspecified atom stereocenters. The van der Waals surface area contributed by atoms with Crippen LogP contribution in [0.3, 0.4) is 0 Å². The minimum absolute atomic E-state index is 0.114. The molecule has 2 aliphatic rings. The molecule has 104 valence electrons. The van der Waals surface area contributed by atoms with Gasteiger partial charge < -0.3 is 5.11 Å². The molecule has 0 heterocycles. The van der Waals surface area contributed by atoms with Crippen molar-refractivity contribution in [2.24, 2.45) is 11.8 Å². The Morgan fingerprint density at radius 3 is 2.37 bits per heavy atom. The zero-order chi connectivity index (χ0) is 13.5. The summed E-state index contributed by atoms with van der Waals surface area (Å²) in [6.45, 7) is -0.141. The van der Waals surface area contributed by atoms with Gasteiger partial charge in [0.1, 0.15) is 0 Å². The lowest BCUT2D eigenvalue weighted by Crippen LogP contribution is -2.38. The predicted octanol–water partition coefficient (Wildman–Crippen LogP) is 1.65. The van der Waals surface area contributed by atoms with Gasteiger partial charge in [0.2, 0.25) is 10.0 Å². The fourth-order valence-corrected chi connectivity index (χ4v) is 3.99. The third kappa shape index (κ3) is 2.99. The predicted molar refractivity (Wildman–Crippen MR) is 71.9 cm³/mol. The van der Waals surface area contributed by atoms with Crippen LogP contribution in [0.4, 0.5) is 0 Å². The Hall–Kier alpha value is -0.910. The van der Waals surface area contributed by atoms with E-state index in [1.54, 1.807) is 24.3 Å². The summed E-state index contributed by atoms with van der Waals surface area (Å²) in [5.74, 6) is 1.06. The summed E-state index contributed by atoms with van der Waals surface area (Å²) in [5, 5.41) is 9.09. The van der Waals surface area contributed by atoms with E-state index < -0.39 is 10.0 Å². The van der Waals surface area contributed by atoms with E-state index in [1.165, 1.54) is 0 Å². The van der Waals surface area contributed by atoms with Gasteiger partial charge in [0.25, 0.3) is 0 Å². The number of hydrogen-bond donors (Lipinski definition) is 2. The molecule has 4 nitrogen and oxygen atoms in total. The van der Waals surface area contributed by atoms with Crippen molar-refractivity contribution in [3.63, 3.8) is 0 Å². The fraction of sp³-hybridized carbons (Fsp3) is 0.571. The van der Waals surface area contributed by atoms with Crippen molar-refractivity contribution in [1.29, 1.82) is 0 Å². The number of aliphatic hydroxyl groups excluding tert-OH is 1. The standard InChI is InChI=1S/C14H19NO3S/c16-9-10-2-1-3-13(8-10)19(17,18)15-14(11-4-5-11)12-6-7-12/h1-3,8,11-12,14-16H,4-7,9H2. The summed E-state index contributed by atoms with van der Waals surface area (Å²) in [5.41, 5.74) is 0.622. The van der Waals surface area contributed by atoms with Gasteiger partial charge in [0.15, 0.2) is 0 Å². The van der Waals surface area contributed by atoms with E-state index in [2.05, 4.69) is 4.72 Å². The molecule has 0 spiro atoms. The maximum atomic E-state index is 12.4. The molecule has 0 atom stereocenters. The van der Waals surface area contributed by atoms with Crippen LogP contribution in [0.5, 0.6) is 0 Å². The van der Waals surface area contributed by atoms with Crippen LogP contribution in [0.2, 0.25) is 0 Å². The summed E-state index contributed by atoms with van der Waals surface area (Å²) in [7, 11) is -3.46. The van der Waals surface area contributed by atoms with Crippen molar-refractivity contribution < 1.29 is 13.5 Å². The highest BCUT2D eigenvalue weighted by atomic mass is 32.2. The Balaban J connectivity index is 1.80. The summed E-state index contributed by atoms with van der Waals surface area (Å²) < 4.78 is 27.6. The van der Waals surface area contributed by atoms with Crippen LogP contribution in [0.15, 0.2) is 29.2 Å². The van der Waals surface area contributed by atoms with E-state index in [-0.39, 0.29) is 17.5 Å². The molecular weight excluding hydrogens is 262 g/mol. The lowest BCUT2D eigenvalue weighted by molar-refractivity contribution is 0.281. The molecular formula is C14H19NO3S. The second-order valence-corrected chi connectivity index (χ2v) is 7.34. The van der Waals surface area contributed by atoms with Crippen LogP contribution < -0.4 is 4.72 Å². The van der Waals surface area contributed by atoms with Crippen molar-refractivity contribution in [2.45, 2.75) is 43.2 Å². The van der Waals surface area contributed by atoms with E-state index >= 15 is 0 Å².